The standard InChI is InChI=1S/C11H8F3N3O2S/c1-20-7-4-2-3-6(5-7)17-9(11(12,13)14)8(10(18)19)15-16-17/h2-5H,1H3,(H,18,19). The van der Waals surface area contributed by atoms with E-state index in [0.29, 0.717) is 4.68 Å². The van der Waals surface area contributed by atoms with Crippen molar-refractivity contribution in [2.24, 2.45) is 0 Å². The summed E-state index contributed by atoms with van der Waals surface area (Å²) in [6, 6.07) is 6.15. The van der Waals surface area contributed by atoms with Gasteiger partial charge < -0.3 is 5.11 Å². The Balaban J connectivity index is 2.65. The normalized spacial score (nSPS) is 11.6. The molecular formula is C11H8F3N3O2S. The van der Waals surface area contributed by atoms with Crippen LogP contribution in [0.1, 0.15) is 16.2 Å². The summed E-state index contributed by atoms with van der Waals surface area (Å²) in [5.41, 5.74) is -2.42. The van der Waals surface area contributed by atoms with Crippen LogP contribution >= 0.6 is 11.8 Å². The number of carboxylic acid groups (broad SMARTS) is 1. The minimum Gasteiger partial charge on any atom is -0.476 e. The van der Waals surface area contributed by atoms with Gasteiger partial charge in [0.15, 0.2) is 5.69 Å². The Bertz CT molecular complexity index is 655. The van der Waals surface area contributed by atoms with Gasteiger partial charge in [-0.15, -0.1) is 16.9 Å². The van der Waals surface area contributed by atoms with E-state index in [1.165, 1.54) is 23.9 Å². The molecule has 1 aromatic heterocycles. The van der Waals surface area contributed by atoms with Gasteiger partial charge in [-0.25, -0.2) is 9.48 Å². The monoisotopic (exact) mass is 303 g/mol. The third kappa shape index (κ3) is 2.62. The molecule has 0 radical (unpaired) electrons. The van der Waals surface area contributed by atoms with Crippen molar-refractivity contribution in [3.63, 3.8) is 0 Å². The first-order chi connectivity index (χ1) is 9.34. The predicted molar refractivity (Wildman–Crippen MR) is 65.1 cm³/mol. The van der Waals surface area contributed by atoms with Crippen LogP contribution in [-0.2, 0) is 6.18 Å². The molecular weight excluding hydrogens is 295 g/mol. The van der Waals surface area contributed by atoms with Crippen LogP contribution in [0.15, 0.2) is 29.2 Å². The van der Waals surface area contributed by atoms with E-state index in [4.69, 9.17) is 5.11 Å². The van der Waals surface area contributed by atoms with Crippen molar-refractivity contribution in [2.45, 2.75) is 11.1 Å². The summed E-state index contributed by atoms with van der Waals surface area (Å²) in [6.07, 6.45) is -3.10. The number of alkyl halides is 3. The van der Waals surface area contributed by atoms with E-state index in [9.17, 15) is 18.0 Å². The Morgan fingerprint density at radius 2 is 2.10 bits per heavy atom. The maximum atomic E-state index is 13.0. The maximum Gasteiger partial charge on any atom is 0.436 e. The maximum absolute atomic E-state index is 13.0. The van der Waals surface area contributed by atoms with Gasteiger partial charge in [-0.1, -0.05) is 11.3 Å². The highest BCUT2D eigenvalue weighted by atomic mass is 32.2. The van der Waals surface area contributed by atoms with Crippen LogP contribution in [0.5, 0.6) is 0 Å². The van der Waals surface area contributed by atoms with Crippen molar-refractivity contribution in [2.75, 3.05) is 6.26 Å². The Labute approximate surface area is 115 Å². The highest BCUT2D eigenvalue weighted by Gasteiger charge is 2.42. The number of hydrogen-bond donors (Lipinski definition) is 1. The molecule has 1 aromatic carbocycles. The van der Waals surface area contributed by atoms with Crippen LogP contribution in [-0.4, -0.2) is 32.3 Å². The zero-order chi connectivity index (χ0) is 14.9. The summed E-state index contributed by atoms with van der Waals surface area (Å²) in [7, 11) is 0. The highest BCUT2D eigenvalue weighted by molar-refractivity contribution is 7.98. The van der Waals surface area contributed by atoms with Crippen molar-refractivity contribution in [3.05, 3.63) is 35.7 Å². The number of nitrogens with zero attached hydrogens (tertiary/aromatic N) is 3. The number of hydrogen-bond acceptors (Lipinski definition) is 4. The molecule has 5 nitrogen and oxygen atoms in total. The molecule has 106 valence electrons. The average Bonchev–Trinajstić information content (AvgIpc) is 2.83. The Morgan fingerprint density at radius 1 is 1.40 bits per heavy atom. The average molecular weight is 303 g/mol. The number of halogens is 3. The van der Waals surface area contributed by atoms with Gasteiger partial charge in [0, 0.05) is 4.90 Å². The van der Waals surface area contributed by atoms with E-state index in [1.54, 1.807) is 18.4 Å². The Morgan fingerprint density at radius 3 is 2.65 bits per heavy atom. The van der Waals surface area contributed by atoms with Crippen LogP contribution in [0.4, 0.5) is 13.2 Å². The van der Waals surface area contributed by atoms with Crippen LogP contribution in [0.25, 0.3) is 5.69 Å². The van der Waals surface area contributed by atoms with Gasteiger partial charge in [-0.3, -0.25) is 0 Å². The molecule has 1 heterocycles. The summed E-state index contributed by atoms with van der Waals surface area (Å²) in [4.78, 5) is 11.5. The molecule has 20 heavy (non-hydrogen) atoms. The summed E-state index contributed by atoms with van der Waals surface area (Å²) < 4.78 is 39.5. The fourth-order valence-corrected chi connectivity index (χ4v) is 2.06. The van der Waals surface area contributed by atoms with Gasteiger partial charge in [-0.05, 0) is 24.5 Å². The number of thioether (sulfide) groups is 1. The summed E-state index contributed by atoms with van der Waals surface area (Å²) in [5.74, 6) is -1.77. The number of aromatic nitrogens is 3. The molecule has 0 spiro atoms. The van der Waals surface area contributed by atoms with E-state index >= 15 is 0 Å². The molecule has 0 fully saturated rings. The van der Waals surface area contributed by atoms with Gasteiger partial charge in [0.2, 0.25) is 5.69 Å². The zero-order valence-electron chi connectivity index (χ0n) is 10.0. The first-order valence-corrected chi connectivity index (χ1v) is 6.47. The van der Waals surface area contributed by atoms with Gasteiger partial charge >= 0.3 is 12.1 Å². The van der Waals surface area contributed by atoms with Crippen molar-refractivity contribution >= 4 is 17.7 Å². The molecule has 0 aliphatic heterocycles. The van der Waals surface area contributed by atoms with E-state index in [2.05, 4.69) is 10.3 Å². The second kappa shape index (κ2) is 5.16. The zero-order valence-corrected chi connectivity index (χ0v) is 10.9. The molecule has 0 bridgehead atoms. The number of benzene rings is 1. The summed E-state index contributed by atoms with van der Waals surface area (Å²) in [5, 5.41) is 15.2. The molecule has 2 rings (SSSR count). The molecule has 0 saturated carbocycles. The van der Waals surface area contributed by atoms with Crippen molar-refractivity contribution in [1.82, 2.24) is 15.0 Å². The topological polar surface area (TPSA) is 68.0 Å². The number of rotatable bonds is 3. The summed E-state index contributed by atoms with van der Waals surface area (Å²) in [6.45, 7) is 0. The van der Waals surface area contributed by atoms with Gasteiger partial charge in [0.1, 0.15) is 0 Å². The summed E-state index contributed by atoms with van der Waals surface area (Å²) >= 11 is 1.34. The number of carboxylic acids is 1. The molecule has 0 aliphatic carbocycles. The van der Waals surface area contributed by atoms with E-state index in [1.807, 2.05) is 0 Å². The molecule has 0 atom stereocenters. The van der Waals surface area contributed by atoms with Gasteiger partial charge in [-0.2, -0.15) is 13.2 Å². The number of carbonyl (C=O) groups is 1. The van der Waals surface area contributed by atoms with E-state index in [0.717, 1.165) is 4.90 Å². The second-order valence-electron chi connectivity index (χ2n) is 3.70. The fourth-order valence-electron chi connectivity index (χ4n) is 1.60. The largest absolute Gasteiger partial charge is 0.476 e. The molecule has 1 N–H and O–H groups in total. The highest BCUT2D eigenvalue weighted by Crippen LogP contribution is 2.33. The lowest BCUT2D eigenvalue weighted by molar-refractivity contribution is -0.143. The minimum atomic E-state index is -4.87. The molecule has 0 saturated heterocycles. The van der Waals surface area contributed by atoms with Crippen LogP contribution in [0, 0.1) is 0 Å². The van der Waals surface area contributed by atoms with Crippen LogP contribution in [0.3, 0.4) is 0 Å². The third-order valence-corrected chi connectivity index (χ3v) is 3.16. The van der Waals surface area contributed by atoms with Crippen LogP contribution in [0.2, 0.25) is 0 Å². The first kappa shape index (κ1) is 14.4. The Hall–Kier alpha value is -2.03. The first-order valence-electron chi connectivity index (χ1n) is 5.25. The lowest BCUT2D eigenvalue weighted by Crippen LogP contribution is -2.17. The van der Waals surface area contributed by atoms with Gasteiger partial charge in [0.05, 0.1) is 5.69 Å². The fraction of sp³-hybridized carbons (Fsp3) is 0.182. The van der Waals surface area contributed by atoms with Gasteiger partial charge in [0.25, 0.3) is 0 Å². The minimum absolute atomic E-state index is 0.101. The molecule has 0 amide bonds. The SMILES string of the molecule is CSc1cccc(-n2nnc(C(=O)O)c2C(F)(F)F)c1. The molecule has 2 aromatic rings. The molecule has 9 heteroatoms. The molecule has 0 unspecified atom stereocenters. The van der Waals surface area contributed by atoms with Crippen molar-refractivity contribution < 1.29 is 23.1 Å². The Kier molecular flexibility index (Phi) is 3.71. The lowest BCUT2D eigenvalue weighted by atomic mass is 10.2. The smallest absolute Gasteiger partial charge is 0.436 e. The molecule has 0 aliphatic rings. The van der Waals surface area contributed by atoms with E-state index < -0.39 is 23.5 Å². The van der Waals surface area contributed by atoms with Crippen LogP contribution < -0.4 is 0 Å². The van der Waals surface area contributed by atoms with E-state index in [-0.39, 0.29) is 5.69 Å². The quantitative estimate of drug-likeness (QED) is 0.883. The third-order valence-electron chi connectivity index (χ3n) is 2.44. The van der Waals surface area contributed by atoms with Crippen molar-refractivity contribution in [3.8, 4) is 5.69 Å². The lowest BCUT2D eigenvalue weighted by Gasteiger charge is -2.10. The predicted octanol–water partition coefficient (Wildman–Crippen LogP) is 2.71. The number of aromatic carboxylic acids is 1. The van der Waals surface area contributed by atoms with Crippen molar-refractivity contribution in [1.29, 1.82) is 0 Å². The second-order valence-corrected chi connectivity index (χ2v) is 4.58.